The van der Waals surface area contributed by atoms with E-state index in [-0.39, 0.29) is 6.04 Å². The number of carboxylic acid groups (broad SMARTS) is 1. The molecule has 1 atom stereocenters. The van der Waals surface area contributed by atoms with Crippen molar-refractivity contribution in [3.63, 3.8) is 0 Å². The van der Waals surface area contributed by atoms with E-state index in [9.17, 15) is 4.79 Å². The summed E-state index contributed by atoms with van der Waals surface area (Å²) in [6.45, 7) is 2.89. The van der Waals surface area contributed by atoms with Gasteiger partial charge < -0.3 is 5.11 Å². The van der Waals surface area contributed by atoms with Gasteiger partial charge in [-0.2, -0.15) is 0 Å². The van der Waals surface area contributed by atoms with Crippen molar-refractivity contribution in [1.82, 2.24) is 9.88 Å². The molecular formula is C11H16N2O2S. The number of carbonyl (C=O) groups is 1. The van der Waals surface area contributed by atoms with E-state index in [2.05, 4.69) is 9.88 Å². The van der Waals surface area contributed by atoms with Crippen molar-refractivity contribution in [3.05, 3.63) is 15.6 Å². The Bertz CT molecular complexity index is 403. The van der Waals surface area contributed by atoms with Crippen LogP contribution in [-0.2, 0) is 0 Å². The van der Waals surface area contributed by atoms with Crippen LogP contribution in [0.4, 0.5) is 0 Å². The van der Waals surface area contributed by atoms with Gasteiger partial charge >= 0.3 is 5.97 Å². The van der Waals surface area contributed by atoms with Crippen LogP contribution < -0.4 is 0 Å². The van der Waals surface area contributed by atoms with Crippen molar-refractivity contribution in [3.8, 4) is 0 Å². The van der Waals surface area contributed by atoms with E-state index in [1.54, 1.807) is 0 Å². The number of carboxylic acids is 1. The summed E-state index contributed by atoms with van der Waals surface area (Å²) in [5.74, 6) is -0.848. The maximum absolute atomic E-state index is 11.1. The second-order valence-corrected chi connectivity index (χ2v) is 5.45. The summed E-state index contributed by atoms with van der Waals surface area (Å²) in [6.07, 6.45) is 3.36. The van der Waals surface area contributed by atoms with E-state index in [4.69, 9.17) is 5.11 Å². The smallest absolute Gasteiger partial charge is 0.347 e. The van der Waals surface area contributed by atoms with Crippen molar-refractivity contribution in [1.29, 1.82) is 0 Å². The van der Waals surface area contributed by atoms with Gasteiger partial charge in [-0.05, 0) is 33.4 Å². The largest absolute Gasteiger partial charge is 0.477 e. The monoisotopic (exact) mass is 240 g/mol. The number of aromatic nitrogens is 1. The van der Waals surface area contributed by atoms with Gasteiger partial charge in [0, 0.05) is 0 Å². The molecule has 16 heavy (non-hydrogen) atoms. The molecule has 0 bridgehead atoms. The van der Waals surface area contributed by atoms with E-state index < -0.39 is 5.97 Å². The van der Waals surface area contributed by atoms with Crippen LogP contribution in [0.15, 0.2) is 0 Å². The van der Waals surface area contributed by atoms with Crippen LogP contribution in [0.1, 0.15) is 45.7 Å². The summed E-state index contributed by atoms with van der Waals surface area (Å²) in [6, 6.07) is 0.185. The van der Waals surface area contributed by atoms with E-state index >= 15 is 0 Å². The zero-order valence-electron chi connectivity index (χ0n) is 9.56. The molecule has 2 rings (SSSR count). The summed E-state index contributed by atoms with van der Waals surface area (Å²) < 4.78 is 0. The van der Waals surface area contributed by atoms with Gasteiger partial charge in [0.05, 0.1) is 16.7 Å². The Morgan fingerprint density at radius 2 is 2.31 bits per heavy atom. The molecule has 0 radical (unpaired) electrons. The fourth-order valence-electron chi connectivity index (χ4n) is 2.24. The minimum absolute atomic E-state index is 0.185. The first-order valence-corrected chi connectivity index (χ1v) is 6.32. The first kappa shape index (κ1) is 11.5. The maximum atomic E-state index is 11.1. The molecule has 1 aromatic heterocycles. The SMILES string of the molecule is Cc1nc(C2CCCCN2C)c(C(=O)O)s1. The van der Waals surface area contributed by atoms with Gasteiger partial charge in [-0.25, -0.2) is 9.78 Å². The van der Waals surface area contributed by atoms with Gasteiger partial charge in [0.1, 0.15) is 4.88 Å². The topological polar surface area (TPSA) is 53.4 Å². The Morgan fingerprint density at radius 1 is 1.56 bits per heavy atom. The molecule has 1 aliphatic heterocycles. The van der Waals surface area contributed by atoms with Crippen LogP contribution in [0.5, 0.6) is 0 Å². The molecule has 0 amide bonds. The molecule has 0 aromatic carbocycles. The Labute approximate surface area is 98.9 Å². The van der Waals surface area contributed by atoms with Crippen LogP contribution in [0.25, 0.3) is 0 Å². The molecule has 0 spiro atoms. The molecule has 1 aromatic rings. The molecule has 1 fully saturated rings. The van der Waals surface area contributed by atoms with Crippen LogP contribution in [-0.4, -0.2) is 34.6 Å². The predicted octanol–water partition coefficient (Wildman–Crippen LogP) is 2.31. The molecule has 1 saturated heterocycles. The van der Waals surface area contributed by atoms with Crippen molar-refractivity contribution in [2.75, 3.05) is 13.6 Å². The van der Waals surface area contributed by atoms with Gasteiger partial charge in [-0.3, -0.25) is 4.90 Å². The highest BCUT2D eigenvalue weighted by Crippen LogP contribution is 2.33. The minimum Gasteiger partial charge on any atom is -0.477 e. The third-order valence-corrected chi connectivity index (χ3v) is 4.02. The van der Waals surface area contributed by atoms with Crippen molar-refractivity contribution < 1.29 is 9.90 Å². The Balaban J connectivity index is 2.34. The van der Waals surface area contributed by atoms with Gasteiger partial charge in [-0.1, -0.05) is 6.42 Å². The van der Waals surface area contributed by atoms with E-state index in [0.29, 0.717) is 4.88 Å². The minimum atomic E-state index is -0.848. The maximum Gasteiger partial charge on any atom is 0.347 e. The van der Waals surface area contributed by atoms with Gasteiger partial charge in [0.15, 0.2) is 0 Å². The highest BCUT2D eigenvalue weighted by atomic mass is 32.1. The number of nitrogens with zero attached hydrogens (tertiary/aromatic N) is 2. The van der Waals surface area contributed by atoms with Crippen LogP contribution >= 0.6 is 11.3 Å². The molecule has 1 unspecified atom stereocenters. The third kappa shape index (κ3) is 2.10. The summed E-state index contributed by atoms with van der Waals surface area (Å²) in [5, 5.41) is 9.99. The second kappa shape index (κ2) is 4.51. The summed E-state index contributed by atoms with van der Waals surface area (Å²) >= 11 is 1.28. The lowest BCUT2D eigenvalue weighted by Gasteiger charge is -2.31. The standard InChI is InChI=1S/C11H16N2O2S/c1-7-12-9(10(16-7)11(14)15)8-5-3-4-6-13(8)2/h8H,3-6H2,1-2H3,(H,14,15). The molecule has 1 aliphatic rings. The summed E-state index contributed by atoms with van der Waals surface area (Å²) in [5.41, 5.74) is 0.761. The molecule has 88 valence electrons. The van der Waals surface area contributed by atoms with Crippen LogP contribution in [0.3, 0.4) is 0 Å². The Kier molecular flexibility index (Phi) is 3.25. The number of hydrogen-bond acceptors (Lipinski definition) is 4. The predicted molar refractivity (Wildman–Crippen MR) is 63.0 cm³/mol. The van der Waals surface area contributed by atoms with E-state index in [0.717, 1.165) is 30.1 Å². The second-order valence-electron chi connectivity index (χ2n) is 4.24. The summed E-state index contributed by atoms with van der Waals surface area (Å²) in [4.78, 5) is 18.2. The first-order chi connectivity index (χ1) is 7.59. The highest BCUT2D eigenvalue weighted by molar-refractivity contribution is 7.13. The van der Waals surface area contributed by atoms with Crippen LogP contribution in [0, 0.1) is 6.92 Å². The van der Waals surface area contributed by atoms with Gasteiger partial charge in [0.25, 0.3) is 0 Å². The molecule has 2 heterocycles. The number of piperidine rings is 1. The normalized spacial score (nSPS) is 22.2. The zero-order chi connectivity index (χ0) is 11.7. The fourth-order valence-corrected chi connectivity index (χ4v) is 3.06. The molecule has 1 N–H and O–H groups in total. The number of thiazole rings is 1. The van der Waals surface area contributed by atoms with Crippen molar-refractivity contribution >= 4 is 17.3 Å². The first-order valence-electron chi connectivity index (χ1n) is 5.50. The molecule has 4 nitrogen and oxygen atoms in total. The average Bonchev–Trinajstić information content (AvgIpc) is 2.61. The van der Waals surface area contributed by atoms with Gasteiger partial charge in [0.2, 0.25) is 0 Å². The molecular weight excluding hydrogens is 224 g/mol. The van der Waals surface area contributed by atoms with Crippen molar-refractivity contribution in [2.45, 2.75) is 32.2 Å². The van der Waals surface area contributed by atoms with Crippen LogP contribution in [0.2, 0.25) is 0 Å². The fraction of sp³-hybridized carbons (Fsp3) is 0.636. The van der Waals surface area contributed by atoms with E-state index in [1.165, 1.54) is 17.8 Å². The summed E-state index contributed by atoms with van der Waals surface area (Å²) in [7, 11) is 2.05. The Morgan fingerprint density at radius 3 is 2.94 bits per heavy atom. The Hall–Kier alpha value is -0.940. The van der Waals surface area contributed by atoms with E-state index in [1.807, 2.05) is 14.0 Å². The lowest BCUT2D eigenvalue weighted by atomic mass is 9.99. The number of hydrogen-bond donors (Lipinski definition) is 1. The molecule has 0 saturated carbocycles. The zero-order valence-corrected chi connectivity index (χ0v) is 10.4. The third-order valence-electron chi connectivity index (χ3n) is 3.04. The molecule has 0 aliphatic carbocycles. The van der Waals surface area contributed by atoms with Crippen molar-refractivity contribution in [2.24, 2.45) is 0 Å². The molecule has 5 heteroatoms. The lowest BCUT2D eigenvalue weighted by molar-refractivity contribution is 0.0696. The van der Waals surface area contributed by atoms with Gasteiger partial charge in [-0.15, -0.1) is 11.3 Å². The number of likely N-dealkylation sites (tertiary alicyclic amines) is 1. The number of aryl methyl sites for hydroxylation is 1. The average molecular weight is 240 g/mol. The lowest BCUT2D eigenvalue weighted by Crippen LogP contribution is -2.30. The highest BCUT2D eigenvalue weighted by Gasteiger charge is 2.28. The number of aromatic carboxylic acids is 1. The quantitative estimate of drug-likeness (QED) is 0.862. The number of rotatable bonds is 2.